The summed E-state index contributed by atoms with van der Waals surface area (Å²) in [6.45, 7) is 4.88. The Hall–Kier alpha value is -2.28. The molecule has 136 valence electrons. The molecule has 7 nitrogen and oxygen atoms in total. The van der Waals surface area contributed by atoms with E-state index in [4.69, 9.17) is 9.47 Å². The van der Waals surface area contributed by atoms with E-state index in [0.29, 0.717) is 6.04 Å². The molecule has 1 aliphatic rings. The lowest BCUT2D eigenvalue weighted by atomic mass is 10.1. The maximum atomic E-state index is 5.35. The van der Waals surface area contributed by atoms with E-state index >= 15 is 0 Å². The van der Waals surface area contributed by atoms with Crippen molar-refractivity contribution in [1.82, 2.24) is 19.7 Å². The average molecular weight is 345 g/mol. The van der Waals surface area contributed by atoms with E-state index in [0.717, 1.165) is 61.3 Å². The van der Waals surface area contributed by atoms with Crippen LogP contribution in [0.3, 0.4) is 0 Å². The Bertz CT molecular complexity index is 693. The first-order valence-electron chi connectivity index (χ1n) is 8.66. The molecule has 1 fully saturated rings. The molecule has 0 aliphatic carbocycles. The summed E-state index contributed by atoms with van der Waals surface area (Å²) in [4.78, 5) is 2.43. The Labute approximate surface area is 148 Å². The number of hydrogen-bond acceptors (Lipinski definition) is 6. The molecule has 1 aromatic heterocycles. The first-order chi connectivity index (χ1) is 12.1. The van der Waals surface area contributed by atoms with E-state index in [1.54, 1.807) is 14.2 Å². The lowest BCUT2D eigenvalue weighted by molar-refractivity contribution is 0.202. The van der Waals surface area contributed by atoms with Gasteiger partial charge in [-0.3, -0.25) is 4.90 Å². The highest BCUT2D eigenvalue weighted by atomic mass is 16.5. The van der Waals surface area contributed by atoms with Gasteiger partial charge in [-0.2, -0.15) is 0 Å². The number of aryl methyl sites for hydroxylation is 1. The second-order valence-electron chi connectivity index (χ2n) is 6.54. The van der Waals surface area contributed by atoms with Crippen LogP contribution < -0.4 is 14.8 Å². The monoisotopic (exact) mass is 345 g/mol. The fourth-order valence-electron chi connectivity index (χ4n) is 3.23. The number of methoxy groups -OCH3 is 2. The maximum absolute atomic E-state index is 5.35. The van der Waals surface area contributed by atoms with Crippen molar-refractivity contribution in [2.75, 3.05) is 32.6 Å². The first-order valence-corrected chi connectivity index (χ1v) is 8.66. The summed E-state index contributed by atoms with van der Waals surface area (Å²) >= 11 is 0. The zero-order valence-electron chi connectivity index (χ0n) is 15.5. The van der Waals surface area contributed by atoms with Gasteiger partial charge in [-0.25, -0.2) is 0 Å². The molecule has 0 radical (unpaired) electrons. The van der Waals surface area contributed by atoms with E-state index < -0.39 is 0 Å². The third-order valence-electron chi connectivity index (χ3n) is 4.78. The van der Waals surface area contributed by atoms with E-state index in [1.165, 1.54) is 0 Å². The highest BCUT2D eigenvalue weighted by molar-refractivity contribution is 5.54. The maximum Gasteiger partial charge on any atom is 0.146 e. The summed E-state index contributed by atoms with van der Waals surface area (Å²) in [6, 6.07) is 6.29. The van der Waals surface area contributed by atoms with E-state index in [9.17, 15) is 0 Å². The molecule has 1 aliphatic heterocycles. The van der Waals surface area contributed by atoms with Crippen LogP contribution in [-0.2, 0) is 13.6 Å². The van der Waals surface area contributed by atoms with Gasteiger partial charge in [0.15, 0.2) is 0 Å². The number of aromatic nitrogens is 3. The van der Waals surface area contributed by atoms with Crippen LogP contribution in [0.5, 0.6) is 11.5 Å². The molecular formula is C18H27N5O2. The van der Waals surface area contributed by atoms with Crippen LogP contribution in [0.4, 0.5) is 5.69 Å². The number of rotatable bonds is 6. The number of anilines is 1. The van der Waals surface area contributed by atoms with Gasteiger partial charge >= 0.3 is 0 Å². The highest BCUT2D eigenvalue weighted by Gasteiger charge is 2.21. The molecule has 7 heteroatoms. The highest BCUT2D eigenvalue weighted by Crippen LogP contribution is 2.27. The molecule has 0 spiro atoms. The largest absolute Gasteiger partial charge is 0.497 e. The first kappa shape index (κ1) is 17.5. The Kier molecular flexibility index (Phi) is 5.43. The molecule has 1 saturated heterocycles. The van der Waals surface area contributed by atoms with Gasteiger partial charge in [0.05, 0.1) is 20.8 Å². The third kappa shape index (κ3) is 4.22. The van der Waals surface area contributed by atoms with Gasteiger partial charge in [0.2, 0.25) is 0 Å². The van der Waals surface area contributed by atoms with Crippen LogP contribution >= 0.6 is 0 Å². The summed E-state index contributed by atoms with van der Waals surface area (Å²) in [5.74, 6) is 3.56. The minimum Gasteiger partial charge on any atom is -0.497 e. The van der Waals surface area contributed by atoms with Crippen molar-refractivity contribution in [3.8, 4) is 11.5 Å². The van der Waals surface area contributed by atoms with Crippen LogP contribution in [0.15, 0.2) is 18.2 Å². The minimum atomic E-state index is 0.389. The van der Waals surface area contributed by atoms with Crippen molar-refractivity contribution >= 4 is 5.69 Å². The quantitative estimate of drug-likeness (QED) is 0.866. The van der Waals surface area contributed by atoms with Gasteiger partial charge in [0.25, 0.3) is 0 Å². The van der Waals surface area contributed by atoms with Crippen molar-refractivity contribution < 1.29 is 9.47 Å². The zero-order valence-corrected chi connectivity index (χ0v) is 15.5. The lowest BCUT2D eigenvalue weighted by Gasteiger charge is -2.33. The van der Waals surface area contributed by atoms with E-state index in [2.05, 4.69) is 25.0 Å². The third-order valence-corrected chi connectivity index (χ3v) is 4.78. The minimum absolute atomic E-state index is 0.389. The Morgan fingerprint density at radius 2 is 1.88 bits per heavy atom. The SMILES string of the molecule is COc1cc(NC2CCCN(Cc3nnc(C)n3C)C2)cc(OC)c1. The Morgan fingerprint density at radius 3 is 2.48 bits per heavy atom. The molecule has 1 aromatic carbocycles. The number of nitrogens with zero attached hydrogens (tertiary/aromatic N) is 4. The number of benzene rings is 1. The summed E-state index contributed by atoms with van der Waals surface area (Å²) in [5, 5.41) is 12.1. The molecule has 2 aromatic rings. The molecule has 1 atom stereocenters. The summed E-state index contributed by atoms with van der Waals surface area (Å²) in [6.07, 6.45) is 2.31. The van der Waals surface area contributed by atoms with Gasteiger partial charge in [-0.15, -0.1) is 10.2 Å². The van der Waals surface area contributed by atoms with Gasteiger partial charge < -0.3 is 19.4 Å². The second kappa shape index (κ2) is 7.74. The summed E-state index contributed by atoms with van der Waals surface area (Å²) in [5.41, 5.74) is 1.03. The van der Waals surface area contributed by atoms with Crippen LogP contribution in [0, 0.1) is 6.92 Å². The zero-order chi connectivity index (χ0) is 17.8. The second-order valence-corrected chi connectivity index (χ2v) is 6.54. The van der Waals surface area contributed by atoms with Crippen molar-refractivity contribution in [3.63, 3.8) is 0 Å². The predicted octanol–water partition coefficient (Wildman–Crippen LogP) is 2.22. The summed E-state index contributed by atoms with van der Waals surface area (Å²) < 4.78 is 12.8. The van der Waals surface area contributed by atoms with Gasteiger partial charge in [0.1, 0.15) is 23.1 Å². The van der Waals surface area contributed by atoms with Crippen LogP contribution in [-0.4, -0.2) is 53.0 Å². The van der Waals surface area contributed by atoms with Gasteiger partial charge in [0, 0.05) is 43.5 Å². The van der Waals surface area contributed by atoms with Crippen LogP contribution in [0.2, 0.25) is 0 Å². The topological polar surface area (TPSA) is 64.4 Å². The van der Waals surface area contributed by atoms with Crippen molar-refractivity contribution in [2.45, 2.75) is 32.4 Å². The fourth-order valence-corrected chi connectivity index (χ4v) is 3.23. The Morgan fingerprint density at radius 1 is 1.16 bits per heavy atom. The molecule has 0 amide bonds. The van der Waals surface area contributed by atoms with E-state index in [-0.39, 0.29) is 0 Å². The molecule has 25 heavy (non-hydrogen) atoms. The van der Waals surface area contributed by atoms with E-state index in [1.807, 2.05) is 32.2 Å². The molecule has 1 unspecified atom stereocenters. The number of likely N-dealkylation sites (tertiary alicyclic amines) is 1. The summed E-state index contributed by atoms with van der Waals surface area (Å²) in [7, 11) is 5.36. The molecule has 0 bridgehead atoms. The number of nitrogens with one attached hydrogen (secondary N) is 1. The van der Waals surface area contributed by atoms with Crippen molar-refractivity contribution in [1.29, 1.82) is 0 Å². The molecular weight excluding hydrogens is 318 g/mol. The lowest BCUT2D eigenvalue weighted by Crippen LogP contribution is -2.42. The average Bonchev–Trinajstić information content (AvgIpc) is 2.93. The smallest absolute Gasteiger partial charge is 0.146 e. The normalized spacial score (nSPS) is 18.2. The van der Waals surface area contributed by atoms with Gasteiger partial charge in [-0.05, 0) is 26.3 Å². The van der Waals surface area contributed by atoms with Crippen molar-refractivity contribution in [3.05, 3.63) is 29.8 Å². The molecule has 2 heterocycles. The van der Waals surface area contributed by atoms with Crippen LogP contribution in [0.25, 0.3) is 0 Å². The molecule has 1 N–H and O–H groups in total. The fraction of sp³-hybridized carbons (Fsp3) is 0.556. The van der Waals surface area contributed by atoms with Crippen LogP contribution in [0.1, 0.15) is 24.5 Å². The van der Waals surface area contributed by atoms with Crippen molar-refractivity contribution in [2.24, 2.45) is 7.05 Å². The number of hydrogen-bond donors (Lipinski definition) is 1. The van der Waals surface area contributed by atoms with Gasteiger partial charge in [-0.1, -0.05) is 0 Å². The standard InChI is InChI=1S/C18H27N5O2/c1-13-20-21-18(22(13)2)12-23-7-5-6-14(11-23)19-15-8-16(24-3)10-17(9-15)25-4/h8-10,14,19H,5-7,11-12H2,1-4H3. The predicted molar refractivity (Wildman–Crippen MR) is 97.2 cm³/mol. The molecule has 0 saturated carbocycles. The Balaban J connectivity index is 1.64. The molecule has 3 rings (SSSR count). The number of piperidine rings is 1. The number of ether oxygens (including phenoxy) is 2.